The maximum absolute atomic E-state index is 9.29. The lowest BCUT2D eigenvalue weighted by Crippen LogP contribution is -1.98. The van der Waals surface area contributed by atoms with E-state index in [0.717, 1.165) is 12.8 Å². The monoisotopic (exact) mass is 222 g/mol. The van der Waals surface area contributed by atoms with Gasteiger partial charge in [0.1, 0.15) is 5.75 Å². The van der Waals surface area contributed by atoms with Crippen LogP contribution in [0.2, 0.25) is 0 Å². The van der Waals surface area contributed by atoms with Crippen LogP contribution >= 0.6 is 0 Å². The first kappa shape index (κ1) is 10.2. The van der Waals surface area contributed by atoms with Gasteiger partial charge in [-0.1, -0.05) is 42.5 Å². The van der Waals surface area contributed by atoms with Crippen LogP contribution in [0.3, 0.4) is 0 Å². The van der Waals surface area contributed by atoms with Gasteiger partial charge in [0, 0.05) is 0 Å². The fraction of sp³-hybridized carbons (Fsp3) is 0.125. The van der Waals surface area contributed by atoms with Crippen LogP contribution in [0.25, 0.3) is 11.6 Å². The van der Waals surface area contributed by atoms with Crippen molar-refractivity contribution in [3.63, 3.8) is 0 Å². The van der Waals surface area contributed by atoms with E-state index in [4.69, 9.17) is 0 Å². The first-order chi connectivity index (χ1) is 8.33. The molecule has 0 radical (unpaired) electrons. The summed E-state index contributed by atoms with van der Waals surface area (Å²) in [7, 11) is 0. The van der Waals surface area contributed by atoms with Crippen molar-refractivity contribution in [2.45, 2.75) is 12.8 Å². The molecule has 1 heteroatoms. The molecular formula is C16H14O. The van der Waals surface area contributed by atoms with E-state index in [1.54, 1.807) is 12.1 Å². The second kappa shape index (κ2) is 4.10. The molecule has 84 valence electrons. The van der Waals surface area contributed by atoms with Crippen LogP contribution in [0.5, 0.6) is 5.75 Å². The number of fused-ring (bicyclic) bond motifs is 1. The number of benzene rings is 2. The molecular weight excluding hydrogens is 208 g/mol. The molecule has 1 aliphatic carbocycles. The normalized spacial score (nSPS) is 14.0. The molecule has 0 saturated carbocycles. The Bertz CT molecular complexity index is 564. The third kappa shape index (κ3) is 1.96. The van der Waals surface area contributed by atoms with Gasteiger partial charge in [0.25, 0.3) is 0 Å². The van der Waals surface area contributed by atoms with Crippen LogP contribution in [0.15, 0.2) is 48.5 Å². The molecule has 0 atom stereocenters. The summed E-state index contributed by atoms with van der Waals surface area (Å²) in [5.41, 5.74) is 5.30. The predicted octanol–water partition coefficient (Wildman–Crippen LogP) is 3.88. The molecule has 2 aromatic rings. The summed E-state index contributed by atoms with van der Waals surface area (Å²) >= 11 is 0. The highest BCUT2D eigenvalue weighted by molar-refractivity contribution is 5.84. The molecule has 1 nitrogen and oxygen atoms in total. The summed E-state index contributed by atoms with van der Waals surface area (Å²) in [5, 5.41) is 9.29. The lowest BCUT2D eigenvalue weighted by molar-refractivity contribution is 0.475. The summed E-state index contributed by atoms with van der Waals surface area (Å²) < 4.78 is 0. The van der Waals surface area contributed by atoms with E-state index in [2.05, 4.69) is 30.3 Å². The van der Waals surface area contributed by atoms with E-state index in [1.165, 1.54) is 22.3 Å². The first-order valence-electron chi connectivity index (χ1n) is 5.91. The fourth-order valence-electron chi connectivity index (χ4n) is 2.34. The molecule has 1 aliphatic rings. The summed E-state index contributed by atoms with van der Waals surface area (Å²) in [5.74, 6) is 0.325. The van der Waals surface area contributed by atoms with Crippen LogP contribution in [0, 0.1) is 0 Å². The van der Waals surface area contributed by atoms with Crippen LogP contribution < -0.4 is 0 Å². The topological polar surface area (TPSA) is 20.2 Å². The van der Waals surface area contributed by atoms with Crippen LogP contribution in [-0.4, -0.2) is 5.11 Å². The Labute approximate surface area is 101 Å². The van der Waals surface area contributed by atoms with Crippen molar-refractivity contribution in [2.75, 3.05) is 0 Å². The van der Waals surface area contributed by atoms with Gasteiger partial charge < -0.3 is 5.11 Å². The van der Waals surface area contributed by atoms with Gasteiger partial charge in [-0.3, -0.25) is 0 Å². The minimum Gasteiger partial charge on any atom is -0.508 e. The summed E-state index contributed by atoms with van der Waals surface area (Å²) in [4.78, 5) is 0. The maximum atomic E-state index is 9.29. The largest absolute Gasteiger partial charge is 0.508 e. The molecule has 0 saturated heterocycles. The van der Waals surface area contributed by atoms with Gasteiger partial charge >= 0.3 is 0 Å². The van der Waals surface area contributed by atoms with Gasteiger partial charge in [-0.25, -0.2) is 0 Å². The SMILES string of the molecule is Oc1ccc(C2=Cc3ccccc3CC2)cc1. The van der Waals surface area contributed by atoms with Crippen molar-refractivity contribution in [1.82, 2.24) is 0 Å². The van der Waals surface area contributed by atoms with Gasteiger partial charge in [-0.2, -0.15) is 0 Å². The summed E-state index contributed by atoms with van der Waals surface area (Å²) in [6.07, 6.45) is 4.43. The zero-order chi connectivity index (χ0) is 11.7. The lowest BCUT2D eigenvalue weighted by Gasteiger charge is -2.16. The second-order valence-corrected chi connectivity index (χ2v) is 4.42. The Hall–Kier alpha value is -2.02. The Morgan fingerprint density at radius 3 is 2.41 bits per heavy atom. The number of allylic oxidation sites excluding steroid dienone is 1. The number of rotatable bonds is 1. The van der Waals surface area contributed by atoms with Gasteiger partial charge in [0.2, 0.25) is 0 Å². The molecule has 0 unspecified atom stereocenters. The molecule has 1 N–H and O–H groups in total. The zero-order valence-electron chi connectivity index (χ0n) is 9.56. The molecule has 0 spiro atoms. The molecule has 17 heavy (non-hydrogen) atoms. The summed E-state index contributed by atoms with van der Waals surface area (Å²) in [6.45, 7) is 0. The highest BCUT2D eigenvalue weighted by Crippen LogP contribution is 2.30. The highest BCUT2D eigenvalue weighted by atomic mass is 16.3. The van der Waals surface area contributed by atoms with Crippen LogP contribution in [0.4, 0.5) is 0 Å². The number of aryl methyl sites for hydroxylation is 1. The molecule has 0 fully saturated rings. The third-order valence-corrected chi connectivity index (χ3v) is 3.29. The van der Waals surface area contributed by atoms with E-state index in [1.807, 2.05) is 12.1 Å². The molecule has 2 aromatic carbocycles. The molecule has 0 heterocycles. The molecule has 0 aliphatic heterocycles. The zero-order valence-corrected chi connectivity index (χ0v) is 9.56. The average Bonchev–Trinajstić information content (AvgIpc) is 2.39. The van der Waals surface area contributed by atoms with Crippen molar-refractivity contribution >= 4 is 11.6 Å². The predicted molar refractivity (Wildman–Crippen MR) is 70.7 cm³/mol. The number of phenolic OH excluding ortho intramolecular Hbond substituents is 1. The smallest absolute Gasteiger partial charge is 0.115 e. The Morgan fingerprint density at radius 1 is 0.824 bits per heavy atom. The standard InChI is InChI=1S/C16H14O/c17-16-9-7-13(8-10-16)15-6-5-12-3-1-2-4-14(12)11-15/h1-4,7-11,17H,5-6H2. The lowest BCUT2D eigenvalue weighted by atomic mass is 9.89. The number of phenols is 1. The van der Waals surface area contributed by atoms with Crippen molar-refractivity contribution in [3.05, 3.63) is 65.2 Å². The first-order valence-corrected chi connectivity index (χ1v) is 5.91. The molecule has 0 aromatic heterocycles. The molecule has 0 amide bonds. The van der Waals surface area contributed by atoms with E-state index in [-0.39, 0.29) is 0 Å². The molecule has 0 bridgehead atoms. The van der Waals surface area contributed by atoms with Crippen molar-refractivity contribution in [3.8, 4) is 5.75 Å². The van der Waals surface area contributed by atoms with E-state index in [9.17, 15) is 5.11 Å². The fourth-order valence-corrected chi connectivity index (χ4v) is 2.34. The highest BCUT2D eigenvalue weighted by Gasteiger charge is 2.10. The third-order valence-electron chi connectivity index (χ3n) is 3.29. The quantitative estimate of drug-likeness (QED) is 0.776. The van der Waals surface area contributed by atoms with Gasteiger partial charge in [-0.15, -0.1) is 0 Å². The van der Waals surface area contributed by atoms with Gasteiger partial charge in [-0.05, 0) is 47.2 Å². The van der Waals surface area contributed by atoms with E-state index >= 15 is 0 Å². The maximum Gasteiger partial charge on any atom is 0.115 e. The average molecular weight is 222 g/mol. The summed E-state index contributed by atoms with van der Waals surface area (Å²) in [6, 6.07) is 16.0. The van der Waals surface area contributed by atoms with Crippen molar-refractivity contribution < 1.29 is 5.11 Å². The Kier molecular flexibility index (Phi) is 2.45. The molecule has 3 rings (SSSR count). The Morgan fingerprint density at radius 2 is 1.59 bits per heavy atom. The van der Waals surface area contributed by atoms with E-state index in [0.29, 0.717) is 5.75 Å². The number of hydrogen-bond acceptors (Lipinski definition) is 1. The number of aromatic hydroxyl groups is 1. The van der Waals surface area contributed by atoms with Crippen LogP contribution in [0.1, 0.15) is 23.1 Å². The minimum absolute atomic E-state index is 0.325. The van der Waals surface area contributed by atoms with Crippen molar-refractivity contribution in [1.29, 1.82) is 0 Å². The van der Waals surface area contributed by atoms with Crippen LogP contribution in [-0.2, 0) is 6.42 Å². The van der Waals surface area contributed by atoms with Gasteiger partial charge in [0.05, 0.1) is 0 Å². The second-order valence-electron chi connectivity index (χ2n) is 4.42. The Balaban J connectivity index is 2.01. The van der Waals surface area contributed by atoms with Crippen molar-refractivity contribution in [2.24, 2.45) is 0 Å². The van der Waals surface area contributed by atoms with Gasteiger partial charge in [0.15, 0.2) is 0 Å². The minimum atomic E-state index is 0.325. The number of hydrogen-bond donors (Lipinski definition) is 1. The van der Waals surface area contributed by atoms with E-state index < -0.39 is 0 Å².